The van der Waals surface area contributed by atoms with Crippen LogP contribution in [0.5, 0.6) is 11.5 Å². The number of halogens is 2. The number of anilines is 1. The summed E-state index contributed by atoms with van der Waals surface area (Å²) >= 11 is 10.1. The molecule has 0 aliphatic carbocycles. The Balaban J connectivity index is 1.66. The number of rotatable bonds is 7. The Morgan fingerprint density at radius 1 is 1.06 bits per heavy atom. The number of carbonyl (C=O) groups is 2. The molecule has 3 aromatic rings. The van der Waals surface area contributed by atoms with Gasteiger partial charge in [-0.15, -0.1) is 0 Å². The molecule has 34 heavy (non-hydrogen) atoms. The molecule has 0 atom stereocenters. The van der Waals surface area contributed by atoms with Gasteiger partial charge in [0.1, 0.15) is 17.2 Å². The van der Waals surface area contributed by atoms with Gasteiger partial charge in [-0.25, -0.2) is 5.01 Å². The number of ether oxygens (including phenoxy) is 2. The van der Waals surface area contributed by atoms with Crippen LogP contribution in [0.15, 0.2) is 70.7 Å². The van der Waals surface area contributed by atoms with Crippen LogP contribution in [0, 0.1) is 6.92 Å². The zero-order chi connectivity index (χ0) is 24.2. The maximum absolute atomic E-state index is 12.9. The Morgan fingerprint density at radius 2 is 1.76 bits per heavy atom. The summed E-state index contributed by atoms with van der Waals surface area (Å²) in [7, 11) is 0. The fraction of sp³-hybridized carbons (Fsp3) is 0.154. The third kappa shape index (κ3) is 4.95. The fourth-order valence-electron chi connectivity index (χ4n) is 3.42. The van der Waals surface area contributed by atoms with Crippen molar-refractivity contribution < 1.29 is 19.1 Å². The third-order valence-electron chi connectivity index (χ3n) is 5.17. The summed E-state index contributed by atoms with van der Waals surface area (Å²) in [5.41, 5.74) is 5.80. The highest BCUT2D eigenvalue weighted by molar-refractivity contribution is 9.10. The predicted molar refractivity (Wildman–Crippen MR) is 136 cm³/mol. The minimum Gasteiger partial charge on any atom is -0.490 e. The van der Waals surface area contributed by atoms with E-state index in [0.717, 1.165) is 11.1 Å². The van der Waals surface area contributed by atoms with E-state index in [2.05, 4.69) is 21.4 Å². The molecule has 0 bridgehead atoms. The third-order valence-corrected chi connectivity index (χ3v) is 6.61. The van der Waals surface area contributed by atoms with Crippen molar-refractivity contribution in [1.82, 2.24) is 5.43 Å². The van der Waals surface area contributed by atoms with E-state index in [9.17, 15) is 9.59 Å². The van der Waals surface area contributed by atoms with E-state index < -0.39 is 11.8 Å². The summed E-state index contributed by atoms with van der Waals surface area (Å²) < 4.78 is 12.3. The molecule has 6 nitrogen and oxygen atoms in total. The molecule has 1 aliphatic heterocycles. The Labute approximate surface area is 211 Å². The number of benzene rings is 3. The quantitative estimate of drug-likeness (QED) is 0.301. The monoisotopic (exact) mass is 540 g/mol. The molecule has 0 unspecified atom stereocenters. The Morgan fingerprint density at radius 3 is 2.44 bits per heavy atom. The van der Waals surface area contributed by atoms with Crippen LogP contribution in [0.25, 0.3) is 6.08 Å². The van der Waals surface area contributed by atoms with Gasteiger partial charge >= 0.3 is 0 Å². The molecule has 174 valence electrons. The first-order chi connectivity index (χ1) is 16.4. The molecule has 1 heterocycles. The normalized spacial score (nSPS) is 14.5. The number of amides is 2. The summed E-state index contributed by atoms with van der Waals surface area (Å²) in [5, 5.41) is 1.50. The highest BCUT2D eigenvalue weighted by Gasteiger charge is 2.34. The topological polar surface area (TPSA) is 67.9 Å². The van der Waals surface area contributed by atoms with Crippen molar-refractivity contribution in [2.75, 3.05) is 11.6 Å². The van der Waals surface area contributed by atoms with Crippen molar-refractivity contribution in [3.05, 3.63) is 92.4 Å². The molecule has 0 radical (unpaired) electrons. The lowest BCUT2D eigenvalue weighted by Gasteiger charge is -2.16. The van der Waals surface area contributed by atoms with E-state index in [4.69, 9.17) is 21.1 Å². The zero-order valence-corrected chi connectivity index (χ0v) is 20.9. The summed E-state index contributed by atoms with van der Waals surface area (Å²) in [6.45, 7) is 4.56. The summed E-state index contributed by atoms with van der Waals surface area (Å²) in [6.07, 6.45) is 1.49. The predicted octanol–water partition coefficient (Wildman–Crippen LogP) is 5.85. The molecule has 1 saturated heterocycles. The van der Waals surface area contributed by atoms with Crippen molar-refractivity contribution in [3.8, 4) is 11.5 Å². The number of hydrogen-bond acceptors (Lipinski definition) is 4. The van der Waals surface area contributed by atoms with Crippen molar-refractivity contribution in [3.63, 3.8) is 0 Å². The number of carbonyl (C=O) groups excluding carboxylic acids is 2. The number of hydrazine groups is 1. The van der Waals surface area contributed by atoms with E-state index in [0.29, 0.717) is 40.4 Å². The maximum atomic E-state index is 12.9. The molecule has 0 aromatic heterocycles. The second-order valence-corrected chi connectivity index (χ2v) is 8.77. The smallest absolute Gasteiger partial charge is 0.282 e. The van der Waals surface area contributed by atoms with Gasteiger partial charge < -0.3 is 9.47 Å². The standard InChI is InChI=1S/C26H22BrClN2O4/c1-3-33-21-14-18(13-20-25(31)29-30(26(20)32)19-7-5-4-6-8-19)22(27)23(28)24(21)34-15-17-11-9-16(2)10-12-17/h4-14H,3,15H2,1-2H3,(H,29,31)/b20-13-. The van der Waals surface area contributed by atoms with Gasteiger partial charge in [0.25, 0.3) is 11.8 Å². The molecule has 2 amide bonds. The fourth-order valence-corrected chi connectivity index (χ4v) is 4.08. The molecule has 1 aliphatic rings. The number of nitrogens with zero attached hydrogens (tertiary/aromatic N) is 1. The average molecular weight is 542 g/mol. The van der Waals surface area contributed by atoms with Crippen LogP contribution in [0.4, 0.5) is 5.69 Å². The highest BCUT2D eigenvalue weighted by Crippen LogP contribution is 2.44. The first kappa shape index (κ1) is 23.9. The van der Waals surface area contributed by atoms with Gasteiger partial charge in [0.05, 0.1) is 12.3 Å². The molecular weight excluding hydrogens is 520 g/mol. The van der Waals surface area contributed by atoms with Crippen LogP contribution in [0.1, 0.15) is 23.6 Å². The first-order valence-electron chi connectivity index (χ1n) is 10.6. The van der Waals surface area contributed by atoms with E-state index >= 15 is 0 Å². The minimum absolute atomic E-state index is 0.0172. The molecule has 1 N–H and O–H groups in total. The van der Waals surface area contributed by atoms with E-state index in [1.54, 1.807) is 30.3 Å². The summed E-state index contributed by atoms with van der Waals surface area (Å²) in [5.74, 6) is -0.168. The lowest BCUT2D eigenvalue weighted by molar-refractivity contribution is -0.117. The van der Waals surface area contributed by atoms with Crippen LogP contribution in [-0.4, -0.2) is 18.4 Å². The molecular formula is C26H22BrClN2O4. The van der Waals surface area contributed by atoms with Crippen molar-refractivity contribution >= 4 is 51.1 Å². The SMILES string of the molecule is CCOc1cc(/C=C2/C(=O)NN(c3ccccc3)C2=O)c(Br)c(Cl)c1OCc1ccc(C)cc1. The summed E-state index contributed by atoms with van der Waals surface area (Å²) in [4.78, 5) is 25.5. The lowest BCUT2D eigenvalue weighted by atomic mass is 10.1. The van der Waals surface area contributed by atoms with Gasteiger partial charge in [-0.2, -0.15) is 0 Å². The number of nitrogens with one attached hydrogen (secondary N) is 1. The Bertz CT molecular complexity index is 1260. The highest BCUT2D eigenvalue weighted by atomic mass is 79.9. The second-order valence-electron chi connectivity index (χ2n) is 7.60. The van der Waals surface area contributed by atoms with Crippen LogP contribution in [0.2, 0.25) is 5.02 Å². The minimum atomic E-state index is -0.505. The molecule has 0 spiro atoms. The number of hydrogen-bond donors (Lipinski definition) is 1. The molecule has 4 rings (SSSR count). The van der Waals surface area contributed by atoms with Crippen molar-refractivity contribution in [2.45, 2.75) is 20.5 Å². The summed E-state index contributed by atoms with van der Waals surface area (Å²) in [6, 6.07) is 18.6. The molecule has 3 aromatic carbocycles. The van der Waals surface area contributed by atoms with Crippen LogP contribution in [0.3, 0.4) is 0 Å². The van der Waals surface area contributed by atoms with Crippen LogP contribution < -0.4 is 19.9 Å². The largest absolute Gasteiger partial charge is 0.490 e. The van der Waals surface area contributed by atoms with Gasteiger partial charge in [0, 0.05) is 4.47 Å². The lowest BCUT2D eigenvalue weighted by Crippen LogP contribution is -2.35. The average Bonchev–Trinajstić information content (AvgIpc) is 3.12. The molecule has 1 fully saturated rings. The van der Waals surface area contributed by atoms with Gasteiger partial charge in [-0.3, -0.25) is 15.0 Å². The Kier molecular flexibility index (Phi) is 7.24. The number of aryl methyl sites for hydroxylation is 1. The zero-order valence-electron chi connectivity index (χ0n) is 18.6. The van der Waals surface area contributed by atoms with Gasteiger partial charge in [0.15, 0.2) is 11.5 Å². The van der Waals surface area contributed by atoms with Gasteiger partial charge in [-0.1, -0.05) is 59.6 Å². The van der Waals surface area contributed by atoms with Crippen LogP contribution in [-0.2, 0) is 16.2 Å². The van der Waals surface area contributed by atoms with Crippen molar-refractivity contribution in [2.24, 2.45) is 0 Å². The maximum Gasteiger partial charge on any atom is 0.282 e. The van der Waals surface area contributed by atoms with E-state index in [1.807, 2.05) is 44.2 Å². The van der Waals surface area contributed by atoms with Gasteiger partial charge in [-0.05, 0) is 65.2 Å². The van der Waals surface area contributed by atoms with Crippen molar-refractivity contribution in [1.29, 1.82) is 0 Å². The second kappa shape index (κ2) is 10.3. The van der Waals surface area contributed by atoms with Crippen LogP contribution >= 0.6 is 27.5 Å². The molecule has 0 saturated carbocycles. The molecule has 8 heteroatoms. The Hall–Kier alpha value is -3.29. The van der Waals surface area contributed by atoms with E-state index in [-0.39, 0.29) is 10.6 Å². The van der Waals surface area contributed by atoms with E-state index in [1.165, 1.54) is 11.1 Å². The van der Waals surface area contributed by atoms with Gasteiger partial charge in [0.2, 0.25) is 0 Å². The number of para-hydroxylation sites is 1. The first-order valence-corrected chi connectivity index (χ1v) is 11.8.